The molecule has 0 aromatic rings. The molecule has 2 unspecified atom stereocenters. The molecule has 1 saturated carbocycles. The number of nitrogens with zero attached hydrogens (tertiary/aromatic N) is 2. The third-order valence-electron chi connectivity index (χ3n) is 4.91. The maximum absolute atomic E-state index is 12.7. The lowest BCUT2D eigenvalue weighted by Crippen LogP contribution is -2.56. The third kappa shape index (κ3) is 3.76. The van der Waals surface area contributed by atoms with Crippen molar-refractivity contribution in [2.75, 3.05) is 51.6 Å². The number of hydrogen-bond acceptors (Lipinski definition) is 5. The van der Waals surface area contributed by atoms with Crippen molar-refractivity contribution >= 4 is 10.0 Å². The fraction of sp³-hybridized carbons (Fsp3) is 1.00. The molecule has 3 rings (SSSR count). The van der Waals surface area contributed by atoms with Gasteiger partial charge in [-0.15, -0.1) is 0 Å². The van der Waals surface area contributed by atoms with Crippen LogP contribution in [0.1, 0.15) is 25.7 Å². The van der Waals surface area contributed by atoms with Gasteiger partial charge in [-0.25, -0.2) is 8.42 Å². The first-order valence-corrected chi connectivity index (χ1v) is 9.82. The minimum atomic E-state index is -3.16. The molecule has 3 fully saturated rings. The van der Waals surface area contributed by atoms with Crippen molar-refractivity contribution in [3.8, 4) is 0 Å². The molecular weight excluding hydrogens is 290 g/mol. The summed E-state index contributed by atoms with van der Waals surface area (Å²) >= 11 is 0. The number of nitrogens with one attached hydrogen (secondary N) is 1. The zero-order valence-electron chi connectivity index (χ0n) is 12.7. The Kier molecular flexibility index (Phi) is 5.16. The minimum Gasteiger partial charge on any atom is -0.375 e. The molecule has 0 spiro atoms. The van der Waals surface area contributed by atoms with Gasteiger partial charge in [-0.2, -0.15) is 4.31 Å². The maximum atomic E-state index is 12.7. The van der Waals surface area contributed by atoms with Crippen molar-refractivity contribution in [2.24, 2.45) is 0 Å². The first-order valence-electron chi connectivity index (χ1n) is 8.21. The lowest BCUT2D eigenvalue weighted by molar-refractivity contribution is -0.0586. The highest BCUT2D eigenvalue weighted by Gasteiger charge is 2.40. The Morgan fingerprint density at radius 3 is 2.67 bits per heavy atom. The Morgan fingerprint density at radius 1 is 1.10 bits per heavy atom. The molecule has 2 atom stereocenters. The fourth-order valence-electron chi connectivity index (χ4n) is 3.70. The summed E-state index contributed by atoms with van der Waals surface area (Å²) in [5, 5.41) is 3.29. The standard InChI is InChI=1S/C14H27N3O3S/c18-21(19,12-10-16-7-5-15-6-8-16)17-9-11-20-14-4-2-1-3-13(14)17/h13-15H,1-12H2. The van der Waals surface area contributed by atoms with E-state index in [2.05, 4.69) is 10.2 Å². The number of ether oxygens (including phenoxy) is 1. The molecule has 122 valence electrons. The van der Waals surface area contributed by atoms with Gasteiger partial charge in [0, 0.05) is 39.3 Å². The van der Waals surface area contributed by atoms with Crippen LogP contribution in [0.5, 0.6) is 0 Å². The van der Waals surface area contributed by atoms with Crippen LogP contribution in [0.2, 0.25) is 0 Å². The summed E-state index contributed by atoms with van der Waals surface area (Å²) in [6.45, 7) is 5.55. The van der Waals surface area contributed by atoms with Crippen LogP contribution in [0, 0.1) is 0 Å². The monoisotopic (exact) mass is 317 g/mol. The van der Waals surface area contributed by atoms with Gasteiger partial charge in [-0.3, -0.25) is 4.90 Å². The van der Waals surface area contributed by atoms with E-state index in [0.29, 0.717) is 19.7 Å². The van der Waals surface area contributed by atoms with E-state index in [1.165, 1.54) is 0 Å². The summed E-state index contributed by atoms with van der Waals surface area (Å²) in [5.41, 5.74) is 0. The number of piperazine rings is 1. The molecule has 0 bridgehead atoms. The van der Waals surface area contributed by atoms with E-state index < -0.39 is 10.0 Å². The van der Waals surface area contributed by atoms with Gasteiger partial charge in [-0.05, 0) is 12.8 Å². The lowest BCUT2D eigenvalue weighted by Gasteiger charge is -2.43. The third-order valence-corrected chi connectivity index (χ3v) is 6.78. The van der Waals surface area contributed by atoms with Gasteiger partial charge < -0.3 is 10.1 Å². The largest absolute Gasteiger partial charge is 0.375 e. The lowest BCUT2D eigenvalue weighted by atomic mass is 9.91. The van der Waals surface area contributed by atoms with E-state index >= 15 is 0 Å². The summed E-state index contributed by atoms with van der Waals surface area (Å²) in [4.78, 5) is 2.24. The Labute approximate surface area is 127 Å². The van der Waals surface area contributed by atoms with Crippen LogP contribution in [0.3, 0.4) is 0 Å². The highest BCUT2D eigenvalue weighted by atomic mass is 32.2. The van der Waals surface area contributed by atoms with Gasteiger partial charge in [0.25, 0.3) is 0 Å². The minimum absolute atomic E-state index is 0.0838. The maximum Gasteiger partial charge on any atom is 0.215 e. The molecule has 0 aromatic heterocycles. The highest BCUT2D eigenvalue weighted by Crippen LogP contribution is 2.30. The van der Waals surface area contributed by atoms with Gasteiger partial charge in [0.15, 0.2) is 0 Å². The topological polar surface area (TPSA) is 61.9 Å². The van der Waals surface area contributed by atoms with Crippen molar-refractivity contribution in [3.63, 3.8) is 0 Å². The number of rotatable bonds is 4. The summed E-state index contributed by atoms with van der Waals surface area (Å²) in [5.74, 6) is 0.246. The van der Waals surface area contributed by atoms with Crippen LogP contribution in [-0.4, -0.2) is 81.4 Å². The van der Waals surface area contributed by atoms with E-state index in [4.69, 9.17) is 4.74 Å². The molecule has 0 radical (unpaired) electrons. The summed E-state index contributed by atoms with van der Waals surface area (Å²) < 4.78 is 33.0. The van der Waals surface area contributed by atoms with Crippen LogP contribution in [-0.2, 0) is 14.8 Å². The molecule has 2 aliphatic heterocycles. The van der Waals surface area contributed by atoms with Crippen LogP contribution >= 0.6 is 0 Å². The van der Waals surface area contributed by atoms with Gasteiger partial charge >= 0.3 is 0 Å². The van der Waals surface area contributed by atoms with E-state index in [0.717, 1.165) is 51.9 Å². The second kappa shape index (κ2) is 6.91. The van der Waals surface area contributed by atoms with Crippen molar-refractivity contribution < 1.29 is 13.2 Å². The molecule has 6 nitrogen and oxygen atoms in total. The predicted octanol–water partition coefficient (Wildman–Crippen LogP) is -0.135. The Bertz CT molecular complexity index is 435. The van der Waals surface area contributed by atoms with Crippen LogP contribution < -0.4 is 5.32 Å². The van der Waals surface area contributed by atoms with Gasteiger partial charge in [0.1, 0.15) is 0 Å². The average molecular weight is 317 g/mol. The molecule has 1 aliphatic carbocycles. The zero-order chi connectivity index (χ0) is 14.7. The molecular formula is C14H27N3O3S. The molecule has 0 aromatic carbocycles. The molecule has 21 heavy (non-hydrogen) atoms. The second-order valence-electron chi connectivity index (χ2n) is 6.28. The summed E-state index contributed by atoms with van der Waals surface area (Å²) in [7, 11) is -3.16. The van der Waals surface area contributed by atoms with E-state index in [-0.39, 0.29) is 17.9 Å². The molecule has 1 N–H and O–H groups in total. The smallest absolute Gasteiger partial charge is 0.215 e. The van der Waals surface area contributed by atoms with Gasteiger partial charge in [-0.1, -0.05) is 12.8 Å². The number of morpholine rings is 1. The molecule has 2 heterocycles. The predicted molar refractivity (Wildman–Crippen MR) is 81.8 cm³/mol. The van der Waals surface area contributed by atoms with E-state index in [1.807, 2.05) is 0 Å². The van der Waals surface area contributed by atoms with E-state index in [1.54, 1.807) is 4.31 Å². The van der Waals surface area contributed by atoms with Crippen molar-refractivity contribution in [3.05, 3.63) is 0 Å². The molecule has 2 saturated heterocycles. The van der Waals surface area contributed by atoms with Crippen LogP contribution in [0.25, 0.3) is 0 Å². The molecule has 3 aliphatic rings. The summed E-state index contributed by atoms with van der Waals surface area (Å²) in [6.07, 6.45) is 4.37. The molecule has 0 amide bonds. The first-order chi connectivity index (χ1) is 10.2. The van der Waals surface area contributed by atoms with Crippen LogP contribution in [0.15, 0.2) is 0 Å². The van der Waals surface area contributed by atoms with Crippen LogP contribution in [0.4, 0.5) is 0 Å². The van der Waals surface area contributed by atoms with E-state index in [9.17, 15) is 8.42 Å². The molecule has 7 heteroatoms. The number of fused-ring (bicyclic) bond motifs is 1. The SMILES string of the molecule is O=S(=O)(CCN1CCNCC1)N1CCOC2CCCCC21. The normalized spacial score (nSPS) is 32.8. The van der Waals surface area contributed by atoms with Gasteiger partial charge in [0.05, 0.1) is 24.5 Å². The first kappa shape index (κ1) is 15.7. The average Bonchev–Trinajstić information content (AvgIpc) is 2.53. The van der Waals surface area contributed by atoms with Crippen molar-refractivity contribution in [2.45, 2.75) is 37.8 Å². The highest BCUT2D eigenvalue weighted by molar-refractivity contribution is 7.89. The number of sulfonamides is 1. The Hall–Kier alpha value is -0.210. The Morgan fingerprint density at radius 2 is 1.86 bits per heavy atom. The van der Waals surface area contributed by atoms with Crippen molar-refractivity contribution in [1.82, 2.24) is 14.5 Å². The number of hydrogen-bond donors (Lipinski definition) is 1. The zero-order valence-corrected chi connectivity index (χ0v) is 13.5. The quantitative estimate of drug-likeness (QED) is 0.782. The second-order valence-corrected chi connectivity index (χ2v) is 8.32. The van der Waals surface area contributed by atoms with Crippen molar-refractivity contribution in [1.29, 1.82) is 0 Å². The Balaban J connectivity index is 1.60. The summed E-state index contributed by atoms with van der Waals surface area (Å²) in [6, 6.07) is 0.0838. The fourth-order valence-corrected chi connectivity index (χ4v) is 5.43. The van der Waals surface area contributed by atoms with Gasteiger partial charge in [0.2, 0.25) is 10.0 Å².